The zero-order chi connectivity index (χ0) is 20.9. The molecule has 0 aliphatic carbocycles. The topological polar surface area (TPSA) is 56.8 Å². The molecule has 1 saturated heterocycles. The molecular formula is C24H32N4O2. The number of carbonyl (C=O) groups is 1. The van der Waals surface area contributed by atoms with E-state index in [1.807, 2.05) is 18.2 Å². The molecular weight excluding hydrogens is 376 g/mol. The van der Waals surface area contributed by atoms with Gasteiger partial charge in [0.25, 0.3) is 0 Å². The van der Waals surface area contributed by atoms with Crippen LogP contribution in [-0.4, -0.2) is 62.8 Å². The Balaban J connectivity index is 1.16. The van der Waals surface area contributed by atoms with Crippen molar-refractivity contribution in [3.63, 3.8) is 0 Å². The van der Waals surface area contributed by atoms with E-state index in [9.17, 15) is 4.79 Å². The summed E-state index contributed by atoms with van der Waals surface area (Å²) in [7, 11) is 0. The van der Waals surface area contributed by atoms with Crippen LogP contribution >= 0.6 is 0 Å². The van der Waals surface area contributed by atoms with Gasteiger partial charge in [-0.3, -0.25) is 4.90 Å². The second-order valence-electron chi connectivity index (χ2n) is 8.27. The summed E-state index contributed by atoms with van der Waals surface area (Å²) in [6.45, 7) is 10.5. The Labute approximate surface area is 179 Å². The largest absolute Gasteiger partial charge is 0.491 e. The molecule has 2 aromatic carbocycles. The van der Waals surface area contributed by atoms with Crippen molar-refractivity contribution in [3.05, 3.63) is 59.2 Å². The summed E-state index contributed by atoms with van der Waals surface area (Å²) >= 11 is 0. The van der Waals surface area contributed by atoms with Crippen molar-refractivity contribution >= 4 is 11.7 Å². The van der Waals surface area contributed by atoms with Crippen molar-refractivity contribution in [2.24, 2.45) is 0 Å². The molecule has 0 radical (unpaired) electrons. The molecule has 2 amide bonds. The zero-order valence-electron chi connectivity index (χ0n) is 18.0. The lowest BCUT2D eigenvalue weighted by Gasteiger charge is -2.37. The fourth-order valence-corrected chi connectivity index (χ4v) is 4.28. The van der Waals surface area contributed by atoms with Crippen molar-refractivity contribution in [2.75, 3.05) is 50.8 Å². The molecule has 2 N–H and O–H groups in total. The van der Waals surface area contributed by atoms with E-state index in [4.69, 9.17) is 4.74 Å². The zero-order valence-corrected chi connectivity index (χ0v) is 18.0. The third kappa shape index (κ3) is 4.87. The standard InChI is InChI=1S/C24H32N4O2/c1-18-6-5-8-22(19(18)2)28-14-12-27(13-15-28)11-10-25-24(29)26-21-16-20-7-3-4-9-23(20)30-17-21/h3-9,21H,10-17H2,1-2H3,(H2,25,26,29)/t21-/m1/s1. The number of carbonyl (C=O) groups excluding carboxylic acids is 1. The van der Waals surface area contributed by atoms with E-state index in [-0.39, 0.29) is 12.1 Å². The van der Waals surface area contributed by atoms with Crippen LogP contribution in [0.3, 0.4) is 0 Å². The summed E-state index contributed by atoms with van der Waals surface area (Å²) in [6.07, 6.45) is 0.809. The number of anilines is 1. The van der Waals surface area contributed by atoms with Crippen LogP contribution in [0.25, 0.3) is 0 Å². The molecule has 0 spiro atoms. The van der Waals surface area contributed by atoms with E-state index in [2.05, 4.69) is 58.5 Å². The van der Waals surface area contributed by atoms with E-state index in [1.165, 1.54) is 16.8 Å². The van der Waals surface area contributed by atoms with Crippen LogP contribution in [-0.2, 0) is 6.42 Å². The lowest BCUT2D eigenvalue weighted by Crippen LogP contribution is -2.51. The molecule has 30 heavy (non-hydrogen) atoms. The first kappa shape index (κ1) is 20.5. The molecule has 0 unspecified atom stereocenters. The first-order chi connectivity index (χ1) is 14.6. The predicted molar refractivity (Wildman–Crippen MR) is 121 cm³/mol. The average Bonchev–Trinajstić information content (AvgIpc) is 2.76. The maximum atomic E-state index is 12.3. The normalized spacial score (nSPS) is 19.0. The SMILES string of the molecule is Cc1cccc(N2CCN(CCNC(=O)N[C@H]3COc4ccccc4C3)CC2)c1C. The number of rotatable bonds is 5. The van der Waals surface area contributed by atoms with Gasteiger partial charge in [-0.1, -0.05) is 30.3 Å². The minimum Gasteiger partial charge on any atom is -0.491 e. The van der Waals surface area contributed by atoms with E-state index in [0.29, 0.717) is 13.2 Å². The maximum absolute atomic E-state index is 12.3. The number of nitrogens with zero attached hydrogens (tertiary/aromatic N) is 2. The summed E-state index contributed by atoms with van der Waals surface area (Å²) in [5.41, 5.74) is 5.22. The van der Waals surface area contributed by atoms with Crippen LogP contribution in [0, 0.1) is 13.8 Å². The van der Waals surface area contributed by atoms with Gasteiger partial charge in [0.05, 0.1) is 6.04 Å². The Hall–Kier alpha value is -2.73. The fourth-order valence-electron chi connectivity index (χ4n) is 4.28. The van der Waals surface area contributed by atoms with E-state index in [0.717, 1.165) is 50.5 Å². The summed E-state index contributed by atoms with van der Waals surface area (Å²) in [5.74, 6) is 0.927. The lowest BCUT2D eigenvalue weighted by molar-refractivity contribution is 0.211. The van der Waals surface area contributed by atoms with Gasteiger partial charge in [0.15, 0.2) is 0 Å². The number of amides is 2. The Kier molecular flexibility index (Phi) is 6.43. The average molecular weight is 409 g/mol. The van der Waals surface area contributed by atoms with Crippen LogP contribution in [0.1, 0.15) is 16.7 Å². The molecule has 0 saturated carbocycles. The van der Waals surface area contributed by atoms with Crippen LogP contribution < -0.4 is 20.3 Å². The highest BCUT2D eigenvalue weighted by atomic mass is 16.5. The molecule has 1 fully saturated rings. The van der Waals surface area contributed by atoms with E-state index in [1.54, 1.807) is 0 Å². The van der Waals surface area contributed by atoms with Crippen LogP contribution in [0.5, 0.6) is 5.75 Å². The van der Waals surface area contributed by atoms with Crippen molar-refractivity contribution in [2.45, 2.75) is 26.3 Å². The molecule has 6 heteroatoms. The minimum atomic E-state index is -0.114. The first-order valence-corrected chi connectivity index (χ1v) is 10.9. The molecule has 2 heterocycles. The molecule has 2 aliphatic rings. The highest BCUT2D eigenvalue weighted by Crippen LogP contribution is 2.24. The van der Waals surface area contributed by atoms with Gasteiger partial charge in [0.2, 0.25) is 0 Å². The number of nitrogens with one attached hydrogen (secondary N) is 2. The van der Waals surface area contributed by atoms with Gasteiger partial charge < -0.3 is 20.3 Å². The molecule has 1 atom stereocenters. The predicted octanol–water partition coefficient (Wildman–Crippen LogP) is 2.73. The van der Waals surface area contributed by atoms with E-state index >= 15 is 0 Å². The summed E-state index contributed by atoms with van der Waals surface area (Å²) in [4.78, 5) is 17.2. The number of hydrogen-bond acceptors (Lipinski definition) is 4. The van der Waals surface area contributed by atoms with Gasteiger partial charge in [0.1, 0.15) is 12.4 Å². The number of para-hydroxylation sites is 1. The van der Waals surface area contributed by atoms with Crippen molar-refractivity contribution in [3.8, 4) is 5.75 Å². The third-order valence-electron chi connectivity index (χ3n) is 6.22. The Bertz CT molecular complexity index is 877. The second kappa shape index (κ2) is 9.39. The van der Waals surface area contributed by atoms with Gasteiger partial charge >= 0.3 is 6.03 Å². The number of piperazine rings is 1. The van der Waals surface area contributed by atoms with Crippen molar-refractivity contribution < 1.29 is 9.53 Å². The Morgan fingerprint density at radius 1 is 1.07 bits per heavy atom. The lowest BCUT2D eigenvalue weighted by atomic mass is 10.0. The van der Waals surface area contributed by atoms with Crippen LogP contribution in [0.15, 0.2) is 42.5 Å². The highest BCUT2D eigenvalue weighted by Gasteiger charge is 2.22. The number of fused-ring (bicyclic) bond motifs is 1. The molecule has 4 rings (SSSR count). The van der Waals surface area contributed by atoms with Crippen LogP contribution in [0.2, 0.25) is 0 Å². The fraction of sp³-hybridized carbons (Fsp3) is 0.458. The number of urea groups is 1. The molecule has 0 aromatic heterocycles. The van der Waals surface area contributed by atoms with Gasteiger partial charge in [0, 0.05) is 45.0 Å². The first-order valence-electron chi connectivity index (χ1n) is 10.9. The summed E-state index contributed by atoms with van der Waals surface area (Å²) in [5, 5.41) is 6.04. The number of ether oxygens (including phenoxy) is 1. The Morgan fingerprint density at radius 3 is 2.70 bits per heavy atom. The Morgan fingerprint density at radius 2 is 1.87 bits per heavy atom. The van der Waals surface area contributed by atoms with Gasteiger partial charge in [-0.05, 0) is 49.1 Å². The highest BCUT2D eigenvalue weighted by molar-refractivity contribution is 5.74. The van der Waals surface area contributed by atoms with Gasteiger partial charge in [-0.2, -0.15) is 0 Å². The van der Waals surface area contributed by atoms with Crippen molar-refractivity contribution in [1.82, 2.24) is 15.5 Å². The van der Waals surface area contributed by atoms with E-state index < -0.39 is 0 Å². The molecule has 6 nitrogen and oxygen atoms in total. The summed E-state index contributed by atoms with van der Waals surface area (Å²) in [6, 6.07) is 14.4. The smallest absolute Gasteiger partial charge is 0.315 e. The monoisotopic (exact) mass is 408 g/mol. The third-order valence-corrected chi connectivity index (χ3v) is 6.22. The molecule has 0 bridgehead atoms. The summed E-state index contributed by atoms with van der Waals surface area (Å²) < 4.78 is 5.74. The maximum Gasteiger partial charge on any atom is 0.315 e. The van der Waals surface area contributed by atoms with Crippen LogP contribution in [0.4, 0.5) is 10.5 Å². The molecule has 2 aromatic rings. The van der Waals surface area contributed by atoms with Gasteiger partial charge in [-0.15, -0.1) is 0 Å². The van der Waals surface area contributed by atoms with Gasteiger partial charge in [-0.25, -0.2) is 4.79 Å². The number of hydrogen-bond donors (Lipinski definition) is 2. The number of benzene rings is 2. The molecule has 160 valence electrons. The quantitative estimate of drug-likeness (QED) is 0.799. The second-order valence-corrected chi connectivity index (χ2v) is 8.27. The number of aryl methyl sites for hydroxylation is 1. The molecule has 2 aliphatic heterocycles. The van der Waals surface area contributed by atoms with Crippen molar-refractivity contribution in [1.29, 1.82) is 0 Å². The minimum absolute atomic E-state index is 0.0148.